The van der Waals surface area contributed by atoms with E-state index in [0.29, 0.717) is 5.75 Å². The summed E-state index contributed by atoms with van der Waals surface area (Å²) in [7, 11) is 0. The van der Waals surface area contributed by atoms with Crippen molar-refractivity contribution in [1.29, 1.82) is 0 Å². The van der Waals surface area contributed by atoms with Crippen molar-refractivity contribution in [2.45, 2.75) is 13.3 Å². The molecule has 3 nitrogen and oxygen atoms in total. The largest absolute Gasteiger partial charge is 0.438 e. The molecule has 1 heterocycles. The summed E-state index contributed by atoms with van der Waals surface area (Å²) in [6, 6.07) is 6.33. The number of carbonyl (C=O) groups is 1. The summed E-state index contributed by atoms with van der Waals surface area (Å²) in [4.78, 5) is 15.4. The van der Waals surface area contributed by atoms with Crippen LogP contribution in [0, 0.1) is 11.6 Å². The van der Waals surface area contributed by atoms with Gasteiger partial charge in [-0.25, -0.2) is 13.8 Å². The van der Waals surface area contributed by atoms with Gasteiger partial charge in [-0.2, -0.15) is 0 Å². The zero-order valence-corrected chi connectivity index (χ0v) is 10.2. The third-order valence-corrected chi connectivity index (χ3v) is 2.47. The van der Waals surface area contributed by atoms with Crippen molar-refractivity contribution >= 4 is 5.78 Å². The van der Waals surface area contributed by atoms with Crippen LogP contribution < -0.4 is 4.74 Å². The third-order valence-electron chi connectivity index (χ3n) is 2.47. The minimum absolute atomic E-state index is 0.0138. The maximum Gasteiger partial charge on any atom is 0.230 e. The monoisotopic (exact) mass is 263 g/mol. The van der Waals surface area contributed by atoms with E-state index in [9.17, 15) is 13.6 Å². The fourth-order valence-electron chi connectivity index (χ4n) is 1.51. The first-order chi connectivity index (χ1) is 9.10. The van der Waals surface area contributed by atoms with Gasteiger partial charge in [-0.1, -0.05) is 6.92 Å². The second-order valence-corrected chi connectivity index (χ2v) is 3.84. The molecular formula is C14H11F2NO2. The summed E-state index contributed by atoms with van der Waals surface area (Å²) in [5.74, 6) is -0.942. The summed E-state index contributed by atoms with van der Waals surface area (Å²) >= 11 is 0. The van der Waals surface area contributed by atoms with Gasteiger partial charge >= 0.3 is 0 Å². The van der Waals surface area contributed by atoms with E-state index in [1.54, 1.807) is 6.92 Å². The molecule has 1 aromatic carbocycles. The molecule has 1 aromatic heterocycles. The van der Waals surface area contributed by atoms with E-state index in [1.807, 2.05) is 0 Å². The zero-order valence-electron chi connectivity index (χ0n) is 10.2. The molecule has 5 heteroatoms. The molecule has 2 rings (SSSR count). The van der Waals surface area contributed by atoms with Crippen molar-refractivity contribution in [3.8, 4) is 11.6 Å². The highest BCUT2D eigenvalue weighted by Crippen LogP contribution is 2.24. The number of rotatable bonds is 4. The number of hydrogen-bond acceptors (Lipinski definition) is 3. The van der Waals surface area contributed by atoms with Crippen LogP contribution in [0.3, 0.4) is 0 Å². The number of halogens is 2. The predicted octanol–water partition coefficient (Wildman–Crippen LogP) is 3.74. The SMILES string of the molecule is CCC(=O)c1cc(F)cnc1Oc1ccc(F)cc1. The number of benzene rings is 1. The molecule has 0 radical (unpaired) electrons. The number of hydrogen-bond donors (Lipinski definition) is 0. The van der Waals surface area contributed by atoms with Crippen LogP contribution in [-0.2, 0) is 0 Å². The molecule has 0 aliphatic rings. The van der Waals surface area contributed by atoms with Crippen molar-refractivity contribution in [2.24, 2.45) is 0 Å². The second kappa shape index (κ2) is 5.56. The van der Waals surface area contributed by atoms with Gasteiger partial charge in [0.05, 0.1) is 11.8 Å². The van der Waals surface area contributed by atoms with Gasteiger partial charge in [0.15, 0.2) is 5.78 Å². The lowest BCUT2D eigenvalue weighted by Gasteiger charge is -2.08. The molecule has 0 N–H and O–H groups in total. The van der Waals surface area contributed by atoms with Crippen LogP contribution >= 0.6 is 0 Å². The number of nitrogens with zero attached hydrogens (tertiary/aromatic N) is 1. The van der Waals surface area contributed by atoms with Crippen molar-refractivity contribution < 1.29 is 18.3 Å². The van der Waals surface area contributed by atoms with Crippen LogP contribution in [0.1, 0.15) is 23.7 Å². The fraction of sp³-hybridized carbons (Fsp3) is 0.143. The van der Waals surface area contributed by atoms with E-state index < -0.39 is 11.6 Å². The summed E-state index contributed by atoms with van der Waals surface area (Å²) in [5.41, 5.74) is 0.0758. The zero-order chi connectivity index (χ0) is 13.8. The Morgan fingerprint density at radius 1 is 1.21 bits per heavy atom. The maximum absolute atomic E-state index is 13.1. The Labute approximate surface area is 108 Å². The van der Waals surface area contributed by atoms with E-state index in [2.05, 4.69) is 4.98 Å². The molecule has 0 fully saturated rings. The third kappa shape index (κ3) is 3.13. The van der Waals surface area contributed by atoms with E-state index in [4.69, 9.17) is 4.74 Å². The first-order valence-electron chi connectivity index (χ1n) is 5.72. The molecule has 0 bridgehead atoms. The van der Waals surface area contributed by atoms with Crippen molar-refractivity contribution in [2.75, 3.05) is 0 Å². The smallest absolute Gasteiger partial charge is 0.230 e. The Bertz CT molecular complexity index is 597. The topological polar surface area (TPSA) is 39.2 Å². The van der Waals surface area contributed by atoms with Crippen LogP contribution in [0.25, 0.3) is 0 Å². The highest BCUT2D eigenvalue weighted by Gasteiger charge is 2.14. The Kier molecular flexibility index (Phi) is 3.85. The van der Waals surface area contributed by atoms with E-state index in [0.717, 1.165) is 12.3 Å². The highest BCUT2D eigenvalue weighted by molar-refractivity contribution is 5.97. The first kappa shape index (κ1) is 13.1. The number of ketones is 1. The minimum atomic E-state index is -0.608. The molecular weight excluding hydrogens is 252 g/mol. The average Bonchev–Trinajstić information content (AvgIpc) is 2.42. The number of pyridine rings is 1. The maximum atomic E-state index is 13.1. The Balaban J connectivity index is 2.34. The molecule has 2 aromatic rings. The molecule has 19 heavy (non-hydrogen) atoms. The number of ether oxygens (including phenoxy) is 1. The van der Waals surface area contributed by atoms with Gasteiger partial charge < -0.3 is 4.74 Å². The standard InChI is InChI=1S/C14H11F2NO2/c1-2-13(18)12-7-10(16)8-17-14(12)19-11-5-3-9(15)4-6-11/h3-8H,2H2,1H3. The summed E-state index contributed by atoms with van der Waals surface area (Å²) in [6.07, 6.45) is 1.18. The predicted molar refractivity (Wildman–Crippen MR) is 65.3 cm³/mol. The Morgan fingerprint density at radius 2 is 1.89 bits per heavy atom. The lowest BCUT2D eigenvalue weighted by molar-refractivity contribution is 0.0984. The highest BCUT2D eigenvalue weighted by atomic mass is 19.1. The molecule has 0 saturated carbocycles. The van der Waals surface area contributed by atoms with Crippen LogP contribution in [0.4, 0.5) is 8.78 Å². The molecule has 0 amide bonds. The van der Waals surface area contributed by atoms with E-state index in [-0.39, 0.29) is 23.6 Å². The van der Waals surface area contributed by atoms with Crippen molar-refractivity contribution in [3.05, 3.63) is 53.7 Å². The van der Waals surface area contributed by atoms with Gasteiger partial charge in [0.2, 0.25) is 5.88 Å². The number of carbonyl (C=O) groups excluding carboxylic acids is 1. The van der Waals surface area contributed by atoms with E-state index >= 15 is 0 Å². The second-order valence-electron chi connectivity index (χ2n) is 3.84. The molecule has 0 aliphatic heterocycles. The summed E-state index contributed by atoms with van der Waals surface area (Å²) < 4.78 is 31.3. The molecule has 0 saturated heterocycles. The summed E-state index contributed by atoms with van der Waals surface area (Å²) in [6.45, 7) is 1.66. The molecule has 98 valence electrons. The van der Waals surface area contributed by atoms with Gasteiger partial charge in [0.25, 0.3) is 0 Å². The Morgan fingerprint density at radius 3 is 2.53 bits per heavy atom. The lowest BCUT2D eigenvalue weighted by Crippen LogP contribution is -2.03. The molecule has 0 unspecified atom stereocenters. The molecule has 0 atom stereocenters. The van der Waals surface area contributed by atoms with Gasteiger partial charge in [-0.05, 0) is 30.3 Å². The van der Waals surface area contributed by atoms with Crippen LogP contribution in [-0.4, -0.2) is 10.8 Å². The minimum Gasteiger partial charge on any atom is -0.438 e. The normalized spacial score (nSPS) is 10.3. The van der Waals surface area contributed by atoms with Crippen molar-refractivity contribution in [3.63, 3.8) is 0 Å². The quantitative estimate of drug-likeness (QED) is 0.789. The Hall–Kier alpha value is -2.30. The van der Waals surface area contributed by atoms with E-state index in [1.165, 1.54) is 24.3 Å². The average molecular weight is 263 g/mol. The number of Topliss-reactive ketones (excluding diaryl/α,β-unsaturated/α-hetero) is 1. The van der Waals surface area contributed by atoms with Gasteiger partial charge in [0, 0.05) is 6.42 Å². The molecule has 0 spiro atoms. The van der Waals surface area contributed by atoms with Gasteiger partial charge in [-0.15, -0.1) is 0 Å². The number of aromatic nitrogens is 1. The van der Waals surface area contributed by atoms with Crippen molar-refractivity contribution in [1.82, 2.24) is 4.98 Å². The fourth-order valence-corrected chi connectivity index (χ4v) is 1.51. The van der Waals surface area contributed by atoms with Crippen LogP contribution in [0.2, 0.25) is 0 Å². The summed E-state index contributed by atoms with van der Waals surface area (Å²) in [5, 5.41) is 0. The van der Waals surface area contributed by atoms with Gasteiger partial charge in [0.1, 0.15) is 17.4 Å². The van der Waals surface area contributed by atoms with Crippen LogP contribution in [0.5, 0.6) is 11.6 Å². The lowest BCUT2D eigenvalue weighted by atomic mass is 10.1. The first-order valence-corrected chi connectivity index (χ1v) is 5.72. The molecule has 0 aliphatic carbocycles. The van der Waals surface area contributed by atoms with Crippen LogP contribution in [0.15, 0.2) is 36.5 Å². The van der Waals surface area contributed by atoms with Gasteiger partial charge in [-0.3, -0.25) is 4.79 Å².